The van der Waals surface area contributed by atoms with E-state index in [1.165, 1.54) is 17.7 Å². The highest BCUT2D eigenvalue weighted by atomic mass is 32.1. The molecule has 1 heterocycles. The SMILES string of the molecule is COCC(NC(=NCC(=O)N(C)C)NCCc1cccs1)C1CC1. The molecule has 0 bridgehead atoms. The minimum Gasteiger partial charge on any atom is -0.383 e. The van der Waals surface area contributed by atoms with Gasteiger partial charge in [0.05, 0.1) is 12.6 Å². The van der Waals surface area contributed by atoms with E-state index in [2.05, 4.69) is 33.1 Å². The Morgan fingerprint density at radius 1 is 1.50 bits per heavy atom. The van der Waals surface area contributed by atoms with E-state index in [1.54, 1.807) is 37.4 Å². The lowest BCUT2D eigenvalue weighted by Gasteiger charge is -2.21. The van der Waals surface area contributed by atoms with Gasteiger partial charge in [0.1, 0.15) is 6.54 Å². The lowest BCUT2D eigenvalue weighted by Crippen LogP contribution is -2.47. The van der Waals surface area contributed by atoms with Crippen LogP contribution in [0.25, 0.3) is 0 Å². The van der Waals surface area contributed by atoms with Gasteiger partial charge < -0.3 is 20.3 Å². The van der Waals surface area contributed by atoms with Gasteiger partial charge in [-0.15, -0.1) is 11.3 Å². The summed E-state index contributed by atoms with van der Waals surface area (Å²) in [5.74, 6) is 1.32. The topological polar surface area (TPSA) is 66.0 Å². The zero-order chi connectivity index (χ0) is 17.4. The van der Waals surface area contributed by atoms with E-state index in [0.717, 1.165) is 13.0 Å². The Morgan fingerprint density at radius 2 is 2.29 bits per heavy atom. The second-order valence-corrected chi connectivity index (χ2v) is 7.28. The van der Waals surface area contributed by atoms with E-state index in [9.17, 15) is 4.79 Å². The van der Waals surface area contributed by atoms with E-state index >= 15 is 0 Å². The van der Waals surface area contributed by atoms with E-state index in [0.29, 0.717) is 18.5 Å². The fourth-order valence-electron chi connectivity index (χ4n) is 2.35. The molecule has 7 heteroatoms. The molecule has 1 atom stereocenters. The van der Waals surface area contributed by atoms with Gasteiger partial charge in [0.2, 0.25) is 5.91 Å². The molecular formula is C17H28N4O2S. The van der Waals surface area contributed by atoms with Gasteiger partial charge in [0, 0.05) is 32.6 Å². The number of nitrogens with one attached hydrogen (secondary N) is 2. The van der Waals surface area contributed by atoms with E-state index in [4.69, 9.17) is 4.74 Å². The van der Waals surface area contributed by atoms with Gasteiger partial charge in [0.25, 0.3) is 0 Å². The molecule has 6 nitrogen and oxygen atoms in total. The fraction of sp³-hybridized carbons (Fsp3) is 0.647. The summed E-state index contributed by atoms with van der Waals surface area (Å²) in [4.78, 5) is 19.1. The third kappa shape index (κ3) is 6.49. The number of nitrogens with zero attached hydrogens (tertiary/aromatic N) is 2. The number of thiophene rings is 1. The molecule has 1 amide bonds. The average Bonchev–Trinajstić information content (AvgIpc) is 3.28. The third-order valence-corrected chi connectivity index (χ3v) is 4.91. The molecule has 0 aromatic carbocycles. The predicted octanol–water partition coefficient (Wildman–Crippen LogP) is 1.34. The summed E-state index contributed by atoms with van der Waals surface area (Å²) in [6.07, 6.45) is 3.39. The van der Waals surface area contributed by atoms with Crippen LogP contribution >= 0.6 is 11.3 Å². The Kier molecular flexibility index (Phi) is 7.52. The molecular weight excluding hydrogens is 324 g/mol. The van der Waals surface area contributed by atoms with Crippen LogP contribution < -0.4 is 10.6 Å². The molecule has 1 saturated carbocycles. The number of hydrogen-bond donors (Lipinski definition) is 2. The quantitative estimate of drug-likeness (QED) is 0.520. The third-order valence-electron chi connectivity index (χ3n) is 3.97. The number of likely N-dealkylation sites (N-methyl/N-ethyl adjacent to an activating group) is 1. The second-order valence-electron chi connectivity index (χ2n) is 6.25. The van der Waals surface area contributed by atoms with Crippen molar-refractivity contribution in [2.75, 3.05) is 40.9 Å². The Hall–Kier alpha value is -1.60. The molecule has 1 unspecified atom stereocenters. The van der Waals surface area contributed by atoms with Gasteiger partial charge >= 0.3 is 0 Å². The number of rotatable bonds is 9. The van der Waals surface area contributed by atoms with Crippen LogP contribution in [0.2, 0.25) is 0 Å². The van der Waals surface area contributed by atoms with Crippen molar-refractivity contribution in [2.24, 2.45) is 10.9 Å². The van der Waals surface area contributed by atoms with Gasteiger partial charge in [-0.05, 0) is 36.6 Å². The minimum atomic E-state index is -0.0101. The molecule has 134 valence electrons. The first-order chi connectivity index (χ1) is 11.6. The molecule has 0 saturated heterocycles. The molecule has 1 fully saturated rings. The maximum absolute atomic E-state index is 11.8. The van der Waals surface area contributed by atoms with Crippen molar-refractivity contribution in [2.45, 2.75) is 25.3 Å². The predicted molar refractivity (Wildman–Crippen MR) is 98.5 cm³/mol. The smallest absolute Gasteiger partial charge is 0.243 e. The summed E-state index contributed by atoms with van der Waals surface area (Å²) in [6.45, 7) is 1.58. The second kappa shape index (κ2) is 9.64. The van der Waals surface area contributed by atoms with Crippen molar-refractivity contribution < 1.29 is 9.53 Å². The number of amides is 1. The summed E-state index contributed by atoms with van der Waals surface area (Å²) in [5.41, 5.74) is 0. The maximum Gasteiger partial charge on any atom is 0.243 e. The van der Waals surface area contributed by atoms with Gasteiger partial charge in [0.15, 0.2) is 5.96 Å². The molecule has 1 aliphatic rings. The molecule has 2 rings (SSSR count). The average molecular weight is 353 g/mol. The van der Waals surface area contributed by atoms with E-state index in [1.807, 2.05) is 0 Å². The number of aliphatic imine (C=N–C) groups is 1. The lowest BCUT2D eigenvalue weighted by molar-refractivity contribution is -0.127. The highest BCUT2D eigenvalue weighted by molar-refractivity contribution is 7.09. The molecule has 24 heavy (non-hydrogen) atoms. The van der Waals surface area contributed by atoms with Crippen LogP contribution in [0.15, 0.2) is 22.5 Å². The molecule has 0 spiro atoms. The summed E-state index contributed by atoms with van der Waals surface area (Å²) < 4.78 is 5.31. The molecule has 2 N–H and O–H groups in total. The molecule has 1 aromatic rings. The van der Waals surface area contributed by atoms with Crippen molar-refractivity contribution in [1.29, 1.82) is 0 Å². The Balaban J connectivity index is 1.91. The zero-order valence-corrected chi connectivity index (χ0v) is 15.6. The highest BCUT2D eigenvalue weighted by Crippen LogP contribution is 2.32. The minimum absolute atomic E-state index is 0.0101. The summed E-state index contributed by atoms with van der Waals surface area (Å²) in [7, 11) is 5.20. The number of hydrogen-bond acceptors (Lipinski definition) is 4. The summed E-state index contributed by atoms with van der Waals surface area (Å²) in [6, 6.07) is 4.44. The van der Waals surface area contributed by atoms with Crippen molar-refractivity contribution >= 4 is 23.2 Å². The zero-order valence-electron chi connectivity index (χ0n) is 14.7. The van der Waals surface area contributed by atoms with Crippen molar-refractivity contribution in [1.82, 2.24) is 15.5 Å². The van der Waals surface area contributed by atoms with Crippen LogP contribution in [0.5, 0.6) is 0 Å². The standard InChI is InChI=1S/C17H28N4O2S/c1-21(2)16(22)11-19-17(18-9-8-14-5-4-10-24-14)20-15(12-23-3)13-6-7-13/h4-5,10,13,15H,6-9,11-12H2,1-3H3,(H2,18,19,20). The number of methoxy groups -OCH3 is 1. The number of carbonyl (C=O) groups is 1. The largest absolute Gasteiger partial charge is 0.383 e. The highest BCUT2D eigenvalue weighted by Gasteiger charge is 2.31. The first-order valence-corrected chi connectivity index (χ1v) is 9.24. The van der Waals surface area contributed by atoms with Crippen LogP contribution in [-0.4, -0.2) is 63.7 Å². The van der Waals surface area contributed by atoms with Crippen molar-refractivity contribution in [3.8, 4) is 0 Å². The Labute approximate surface area is 148 Å². The van der Waals surface area contributed by atoms with E-state index in [-0.39, 0.29) is 18.5 Å². The first kappa shape index (κ1) is 18.7. The van der Waals surface area contributed by atoms with Crippen LogP contribution in [0.4, 0.5) is 0 Å². The summed E-state index contributed by atoms with van der Waals surface area (Å²) in [5, 5.41) is 8.86. The number of ether oxygens (including phenoxy) is 1. The van der Waals surface area contributed by atoms with Crippen LogP contribution in [0.1, 0.15) is 17.7 Å². The van der Waals surface area contributed by atoms with Crippen molar-refractivity contribution in [3.63, 3.8) is 0 Å². The van der Waals surface area contributed by atoms with E-state index < -0.39 is 0 Å². The van der Waals surface area contributed by atoms with Crippen LogP contribution in [0.3, 0.4) is 0 Å². The number of guanidine groups is 1. The van der Waals surface area contributed by atoms with Crippen LogP contribution in [-0.2, 0) is 16.0 Å². The first-order valence-electron chi connectivity index (χ1n) is 8.36. The van der Waals surface area contributed by atoms with Crippen LogP contribution in [0, 0.1) is 5.92 Å². The maximum atomic E-state index is 11.8. The summed E-state index contributed by atoms with van der Waals surface area (Å²) >= 11 is 1.75. The fourth-order valence-corrected chi connectivity index (χ4v) is 3.06. The monoisotopic (exact) mass is 352 g/mol. The number of carbonyl (C=O) groups excluding carboxylic acids is 1. The van der Waals surface area contributed by atoms with Crippen molar-refractivity contribution in [3.05, 3.63) is 22.4 Å². The van der Waals surface area contributed by atoms with Gasteiger partial charge in [-0.1, -0.05) is 6.07 Å². The molecule has 0 radical (unpaired) electrons. The molecule has 1 aromatic heterocycles. The van der Waals surface area contributed by atoms with Gasteiger partial charge in [-0.2, -0.15) is 0 Å². The van der Waals surface area contributed by atoms with Gasteiger partial charge in [-0.3, -0.25) is 4.79 Å². The normalized spacial score (nSPS) is 15.9. The molecule has 1 aliphatic carbocycles. The molecule has 0 aliphatic heterocycles. The Bertz CT molecular complexity index is 527. The lowest BCUT2D eigenvalue weighted by atomic mass is 10.2. The van der Waals surface area contributed by atoms with Gasteiger partial charge in [-0.25, -0.2) is 4.99 Å². The Morgan fingerprint density at radius 3 is 2.88 bits per heavy atom.